The Morgan fingerprint density at radius 1 is 1.38 bits per heavy atom. The molecule has 94 valence electrons. The SMILES string of the molecule is CCC1(CN2CCSC(C)(C)C2)CCCN1. The lowest BCUT2D eigenvalue weighted by Gasteiger charge is -2.42. The molecule has 0 aromatic rings. The molecule has 0 radical (unpaired) electrons. The average Bonchev–Trinajstić information content (AvgIpc) is 2.65. The van der Waals surface area contributed by atoms with Crippen LogP contribution in [0.3, 0.4) is 0 Å². The molecule has 2 heterocycles. The Balaban J connectivity index is 1.93. The van der Waals surface area contributed by atoms with Crippen LogP contribution in [0.1, 0.15) is 40.0 Å². The molecule has 0 amide bonds. The molecule has 0 bridgehead atoms. The first-order chi connectivity index (χ1) is 7.55. The molecule has 1 N–H and O–H groups in total. The van der Waals surface area contributed by atoms with Gasteiger partial charge in [0.15, 0.2) is 0 Å². The number of nitrogens with one attached hydrogen (secondary N) is 1. The third-order valence-corrected chi connectivity index (χ3v) is 5.34. The Morgan fingerprint density at radius 2 is 2.19 bits per heavy atom. The second kappa shape index (κ2) is 4.87. The molecule has 2 aliphatic rings. The summed E-state index contributed by atoms with van der Waals surface area (Å²) in [6, 6.07) is 0. The summed E-state index contributed by atoms with van der Waals surface area (Å²) in [6.07, 6.45) is 4.00. The van der Waals surface area contributed by atoms with Crippen molar-refractivity contribution in [2.24, 2.45) is 0 Å². The van der Waals surface area contributed by atoms with Crippen LogP contribution < -0.4 is 5.32 Å². The van der Waals surface area contributed by atoms with Gasteiger partial charge in [-0.05, 0) is 39.7 Å². The highest BCUT2D eigenvalue weighted by Gasteiger charge is 2.36. The molecule has 16 heavy (non-hydrogen) atoms. The molecule has 0 spiro atoms. The monoisotopic (exact) mass is 242 g/mol. The standard InChI is InChI=1S/C13H26N2S/c1-4-13(6-5-7-14-13)11-15-8-9-16-12(2,3)10-15/h14H,4-11H2,1-3H3. The van der Waals surface area contributed by atoms with E-state index in [0.29, 0.717) is 10.3 Å². The number of hydrogen-bond acceptors (Lipinski definition) is 3. The van der Waals surface area contributed by atoms with Crippen LogP contribution in [0.4, 0.5) is 0 Å². The van der Waals surface area contributed by atoms with Crippen LogP contribution in [0.2, 0.25) is 0 Å². The molecule has 2 nitrogen and oxygen atoms in total. The molecule has 2 rings (SSSR count). The van der Waals surface area contributed by atoms with Crippen LogP contribution in [-0.4, -0.2) is 47.1 Å². The van der Waals surface area contributed by atoms with Gasteiger partial charge in [0.2, 0.25) is 0 Å². The van der Waals surface area contributed by atoms with Crippen molar-refractivity contribution in [1.29, 1.82) is 0 Å². The minimum absolute atomic E-state index is 0.429. The highest BCUT2D eigenvalue weighted by molar-refractivity contribution is 8.00. The molecule has 0 saturated carbocycles. The van der Waals surface area contributed by atoms with Crippen molar-refractivity contribution < 1.29 is 0 Å². The predicted molar refractivity (Wildman–Crippen MR) is 73.2 cm³/mol. The van der Waals surface area contributed by atoms with E-state index in [0.717, 1.165) is 0 Å². The number of hydrogen-bond donors (Lipinski definition) is 1. The van der Waals surface area contributed by atoms with Crippen molar-refractivity contribution in [2.45, 2.75) is 50.3 Å². The zero-order valence-corrected chi connectivity index (χ0v) is 11.8. The van der Waals surface area contributed by atoms with Crippen molar-refractivity contribution in [3.05, 3.63) is 0 Å². The largest absolute Gasteiger partial charge is 0.310 e. The van der Waals surface area contributed by atoms with Crippen molar-refractivity contribution in [2.75, 3.05) is 31.9 Å². The van der Waals surface area contributed by atoms with Gasteiger partial charge in [-0.15, -0.1) is 0 Å². The van der Waals surface area contributed by atoms with Gasteiger partial charge in [0, 0.05) is 35.7 Å². The molecule has 1 unspecified atom stereocenters. The molecular weight excluding hydrogens is 216 g/mol. The Bertz CT molecular complexity index is 234. The first-order valence-corrected chi connectivity index (χ1v) is 7.65. The number of rotatable bonds is 3. The van der Waals surface area contributed by atoms with Crippen LogP contribution in [0.5, 0.6) is 0 Å². The summed E-state index contributed by atoms with van der Waals surface area (Å²) in [6.45, 7) is 12.1. The van der Waals surface area contributed by atoms with E-state index in [2.05, 4.69) is 42.7 Å². The summed E-state index contributed by atoms with van der Waals surface area (Å²) >= 11 is 2.13. The predicted octanol–water partition coefficient (Wildman–Crippen LogP) is 2.35. The lowest BCUT2D eigenvalue weighted by atomic mass is 9.93. The van der Waals surface area contributed by atoms with Gasteiger partial charge in [-0.25, -0.2) is 0 Å². The van der Waals surface area contributed by atoms with E-state index in [-0.39, 0.29) is 0 Å². The van der Waals surface area contributed by atoms with Gasteiger partial charge in [-0.3, -0.25) is 4.90 Å². The minimum atomic E-state index is 0.429. The fourth-order valence-corrected chi connectivity index (χ4v) is 4.27. The summed E-state index contributed by atoms with van der Waals surface area (Å²) in [5, 5.41) is 3.75. The molecule has 0 aliphatic carbocycles. The van der Waals surface area contributed by atoms with E-state index in [1.54, 1.807) is 0 Å². The Kier molecular flexibility index (Phi) is 3.87. The van der Waals surface area contributed by atoms with Gasteiger partial charge in [0.25, 0.3) is 0 Å². The van der Waals surface area contributed by atoms with E-state index >= 15 is 0 Å². The highest BCUT2D eigenvalue weighted by atomic mass is 32.2. The first kappa shape index (κ1) is 12.7. The van der Waals surface area contributed by atoms with Gasteiger partial charge in [-0.1, -0.05) is 6.92 Å². The molecule has 1 atom stereocenters. The zero-order valence-electron chi connectivity index (χ0n) is 11.0. The third-order valence-electron chi connectivity index (χ3n) is 4.04. The second-order valence-electron chi connectivity index (χ2n) is 5.98. The number of thioether (sulfide) groups is 1. The van der Waals surface area contributed by atoms with Crippen molar-refractivity contribution in [1.82, 2.24) is 10.2 Å². The average molecular weight is 242 g/mol. The summed E-state index contributed by atoms with van der Waals surface area (Å²) in [7, 11) is 0. The van der Waals surface area contributed by atoms with E-state index in [9.17, 15) is 0 Å². The first-order valence-electron chi connectivity index (χ1n) is 6.67. The fraction of sp³-hybridized carbons (Fsp3) is 1.00. The maximum atomic E-state index is 3.75. The van der Waals surface area contributed by atoms with E-state index in [4.69, 9.17) is 0 Å². The lowest BCUT2D eigenvalue weighted by Crippen LogP contribution is -2.54. The van der Waals surface area contributed by atoms with Crippen LogP contribution in [-0.2, 0) is 0 Å². The smallest absolute Gasteiger partial charge is 0.0306 e. The topological polar surface area (TPSA) is 15.3 Å². The van der Waals surface area contributed by atoms with Gasteiger partial charge in [0.1, 0.15) is 0 Å². The maximum absolute atomic E-state index is 3.75. The lowest BCUT2D eigenvalue weighted by molar-refractivity contribution is 0.181. The van der Waals surface area contributed by atoms with Crippen LogP contribution in [0.15, 0.2) is 0 Å². The van der Waals surface area contributed by atoms with E-state index in [1.807, 2.05) is 0 Å². The van der Waals surface area contributed by atoms with Gasteiger partial charge < -0.3 is 5.32 Å². The maximum Gasteiger partial charge on any atom is 0.0306 e. The fourth-order valence-electron chi connectivity index (χ4n) is 3.09. The Labute approximate surface area is 105 Å². The van der Waals surface area contributed by atoms with E-state index < -0.39 is 0 Å². The molecule has 3 heteroatoms. The van der Waals surface area contributed by atoms with Gasteiger partial charge in [0.05, 0.1) is 0 Å². The molecule has 0 aromatic heterocycles. The quantitative estimate of drug-likeness (QED) is 0.818. The second-order valence-corrected chi connectivity index (χ2v) is 7.79. The van der Waals surface area contributed by atoms with Crippen LogP contribution >= 0.6 is 11.8 Å². The van der Waals surface area contributed by atoms with Crippen molar-refractivity contribution >= 4 is 11.8 Å². The normalized spacial score (nSPS) is 35.4. The zero-order chi connectivity index (χ0) is 11.6. The molecule has 2 saturated heterocycles. The summed E-state index contributed by atoms with van der Waals surface area (Å²) in [5.74, 6) is 1.30. The summed E-state index contributed by atoms with van der Waals surface area (Å²) in [5.41, 5.74) is 0.429. The highest BCUT2D eigenvalue weighted by Crippen LogP contribution is 2.32. The molecule has 2 aliphatic heterocycles. The Morgan fingerprint density at radius 3 is 2.75 bits per heavy atom. The summed E-state index contributed by atoms with van der Waals surface area (Å²) < 4.78 is 0.450. The van der Waals surface area contributed by atoms with Crippen LogP contribution in [0.25, 0.3) is 0 Å². The number of nitrogens with zero attached hydrogens (tertiary/aromatic N) is 1. The molecule has 0 aromatic carbocycles. The van der Waals surface area contributed by atoms with Gasteiger partial charge in [-0.2, -0.15) is 11.8 Å². The third kappa shape index (κ3) is 2.93. The molecule has 2 fully saturated rings. The Hall–Kier alpha value is 0.270. The van der Waals surface area contributed by atoms with Crippen molar-refractivity contribution in [3.8, 4) is 0 Å². The molecular formula is C13H26N2S. The van der Waals surface area contributed by atoms with E-state index in [1.165, 1.54) is 51.2 Å². The minimum Gasteiger partial charge on any atom is -0.310 e. The van der Waals surface area contributed by atoms with Gasteiger partial charge >= 0.3 is 0 Å². The van der Waals surface area contributed by atoms with Crippen LogP contribution in [0, 0.1) is 0 Å². The van der Waals surface area contributed by atoms with Crippen molar-refractivity contribution in [3.63, 3.8) is 0 Å². The summed E-state index contributed by atoms with van der Waals surface area (Å²) in [4.78, 5) is 2.68.